The maximum atomic E-state index is 12.5. The highest BCUT2D eigenvalue weighted by Gasteiger charge is 2.12. The predicted molar refractivity (Wildman–Crippen MR) is 122 cm³/mol. The molecule has 4 aromatic rings. The van der Waals surface area contributed by atoms with Crippen LogP contribution in [0.25, 0.3) is 10.9 Å². The van der Waals surface area contributed by atoms with Gasteiger partial charge in [0.25, 0.3) is 5.56 Å². The zero-order chi connectivity index (χ0) is 21.1. The summed E-state index contributed by atoms with van der Waals surface area (Å²) in [5.74, 6) is 0.486. The van der Waals surface area contributed by atoms with E-state index in [1.54, 1.807) is 17.7 Å². The average Bonchev–Trinajstić information content (AvgIpc) is 3.18. The molecule has 1 N–H and O–H groups in total. The molecule has 0 aliphatic carbocycles. The first kappa shape index (κ1) is 20.3. The smallest absolute Gasteiger partial charge is 0.261 e. The number of aryl methyl sites for hydroxylation is 1. The van der Waals surface area contributed by atoms with Gasteiger partial charge >= 0.3 is 0 Å². The van der Waals surface area contributed by atoms with Gasteiger partial charge in [0.2, 0.25) is 5.91 Å². The molecule has 0 fully saturated rings. The lowest BCUT2D eigenvalue weighted by molar-refractivity contribution is -0.115. The molecule has 152 valence electrons. The Morgan fingerprint density at radius 1 is 1.13 bits per heavy atom. The van der Waals surface area contributed by atoms with Gasteiger partial charge in [-0.1, -0.05) is 41.6 Å². The maximum Gasteiger partial charge on any atom is 0.261 e. The maximum absolute atomic E-state index is 12.5. The number of anilines is 1. The molecule has 0 aliphatic rings. The average molecular weight is 437 g/mol. The van der Waals surface area contributed by atoms with Crippen molar-refractivity contribution >= 4 is 45.6 Å². The number of rotatable bonds is 6. The highest BCUT2D eigenvalue weighted by atomic mass is 32.2. The van der Waals surface area contributed by atoms with Crippen LogP contribution in [0.1, 0.15) is 16.3 Å². The van der Waals surface area contributed by atoms with Crippen molar-refractivity contribution in [3.05, 3.63) is 80.5 Å². The minimum absolute atomic E-state index is 0.0603. The van der Waals surface area contributed by atoms with Crippen LogP contribution in [-0.2, 0) is 24.0 Å². The first-order chi connectivity index (χ1) is 14.5. The summed E-state index contributed by atoms with van der Waals surface area (Å²) in [6, 6.07) is 15.0. The van der Waals surface area contributed by atoms with E-state index in [9.17, 15) is 9.59 Å². The van der Waals surface area contributed by atoms with Gasteiger partial charge in [-0.15, -0.1) is 11.3 Å². The Balaban J connectivity index is 1.40. The molecular weight excluding hydrogens is 416 g/mol. The van der Waals surface area contributed by atoms with Crippen LogP contribution >= 0.6 is 23.1 Å². The Bertz CT molecular complexity index is 1260. The second kappa shape index (κ2) is 8.81. The number of carbonyl (C=O) groups excluding carboxylic acids is 1. The molecule has 2 aromatic carbocycles. The van der Waals surface area contributed by atoms with Crippen LogP contribution in [0.3, 0.4) is 0 Å². The Labute approximate surface area is 182 Å². The Kier molecular flexibility index (Phi) is 5.96. The number of nitrogens with zero attached hydrogens (tertiary/aromatic N) is 3. The topological polar surface area (TPSA) is 76.9 Å². The van der Waals surface area contributed by atoms with E-state index in [0.717, 1.165) is 22.0 Å². The number of benzene rings is 2. The van der Waals surface area contributed by atoms with Crippen molar-refractivity contribution in [1.82, 2.24) is 14.5 Å². The van der Waals surface area contributed by atoms with Crippen LogP contribution in [0.15, 0.2) is 63.9 Å². The lowest BCUT2D eigenvalue weighted by atomic mass is 10.2. The van der Waals surface area contributed by atoms with Gasteiger partial charge in [0, 0.05) is 23.9 Å². The molecule has 0 unspecified atom stereocenters. The van der Waals surface area contributed by atoms with Crippen molar-refractivity contribution in [3.8, 4) is 0 Å². The van der Waals surface area contributed by atoms with Crippen LogP contribution in [-0.4, -0.2) is 20.4 Å². The van der Waals surface area contributed by atoms with Crippen LogP contribution in [0.2, 0.25) is 0 Å². The van der Waals surface area contributed by atoms with E-state index in [2.05, 4.69) is 15.3 Å². The molecule has 0 saturated carbocycles. The third-order valence-corrected chi connectivity index (χ3v) is 6.50. The number of carbonyl (C=O) groups is 1. The molecule has 2 aromatic heterocycles. The normalized spacial score (nSPS) is 11.0. The molecule has 0 bridgehead atoms. The van der Waals surface area contributed by atoms with Gasteiger partial charge in [-0.05, 0) is 31.2 Å². The molecule has 8 heteroatoms. The molecule has 0 saturated heterocycles. The number of thiazole rings is 1. The Hall–Kier alpha value is -2.97. The summed E-state index contributed by atoms with van der Waals surface area (Å²) < 4.78 is 1.56. The number of nitrogens with one attached hydrogen (secondary N) is 1. The van der Waals surface area contributed by atoms with E-state index in [1.807, 2.05) is 54.8 Å². The van der Waals surface area contributed by atoms with E-state index >= 15 is 0 Å². The number of thioether (sulfide) groups is 1. The van der Waals surface area contributed by atoms with Crippen molar-refractivity contribution in [2.24, 2.45) is 7.05 Å². The minimum Gasteiger partial charge on any atom is -0.326 e. The van der Waals surface area contributed by atoms with Crippen molar-refractivity contribution < 1.29 is 4.79 Å². The van der Waals surface area contributed by atoms with Crippen molar-refractivity contribution in [2.75, 3.05) is 5.32 Å². The summed E-state index contributed by atoms with van der Waals surface area (Å²) in [7, 11) is 1.73. The standard InChI is InChI=1S/C22H20N4O2S2/c1-14-7-9-15(10-8-14)23-19(27)11-20-24-16(12-29-20)13-30-22-25-18-6-4-3-5-17(18)21(28)26(22)2/h3-10,12H,11,13H2,1-2H3,(H,23,27). The molecule has 2 heterocycles. The lowest BCUT2D eigenvalue weighted by Gasteiger charge is -2.07. The summed E-state index contributed by atoms with van der Waals surface area (Å²) in [6.07, 6.45) is 0.232. The first-order valence-corrected chi connectivity index (χ1v) is 11.2. The zero-order valence-corrected chi connectivity index (χ0v) is 18.2. The third kappa shape index (κ3) is 4.60. The highest BCUT2D eigenvalue weighted by molar-refractivity contribution is 7.98. The fourth-order valence-corrected chi connectivity index (χ4v) is 4.70. The fraction of sp³-hybridized carbons (Fsp3) is 0.182. The molecule has 1 amide bonds. The summed E-state index contributed by atoms with van der Waals surface area (Å²) in [4.78, 5) is 33.9. The SMILES string of the molecule is Cc1ccc(NC(=O)Cc2nc(CSc3nc4ccccc4c(=O)n3C)cs2)cc1. The van der Waals surface area contributed by atoms with E-state index < -0.39 is 0 Å². The van der Waals surface area contributed by atoms with Crippen LogP contribution in [0, 0.1) is 6.92 Å². The Morgan fingerprint density at radius 2 is 1.90 bits per heavy atom. The third-order valence-electron chi connectivity index (χ3n) is 4.54. The van der Waals surface area contributed by atoms with E-state index in [4.69, 9.17) is 0 Å². The van der Waals surface area contributed by atoms with Gasteiger partial charge in [0.05, 0.1) is 23.0 Å². The monoisotopic (exact) mass is 436 g/mol. The van der Waals surface area contributed by atoms with Gasteiger partial charge in [-0.25, -0.2) is 9.97 Å². The summed E-state index contributed by atoms with van der Waals surface area (Å²) in [5, 5.41) is 6.85. The van der Waals surface area contributed by atoms with Crippen molar-refractivity contribution in [1.29, 1.82) is 0 Å². The quantitative estimate of drug-likeness (QED) is 0.363. The lowest BCUT2D eigenvalue weighted by Crippen LogP contribution is -2.19. The number of para-hydroxylation sites is 1. The van der Waals surface area contributed by atoms with Crippen molar-refractivity contribution in [3.63, 3.8) is 0 Å². The Morgan fingerprint density at radius 3 is 2.70 bits per heavy atom. The van der Waals surface area contributed by atoms with E-state index in [0.29, 0.717) is 21.8 Å². The van der Waals surface area contributed by atoms with Crippen LogP contribution in [0.5, 0.6) is 0 Å². The predicted octanol–water partition coefficient (Wildman–Crippen LogP) is 4.17. The molecule has 0 aliphatic heterocycles. The van der Waals surface area contributed by atoms with Crippen LogP contribution in [0.4, 0.5) is 5.69 Å². The number of hydrogen-bond donors (Lipinski definition) is 1. The van der Waals surface area contributed by atoms with E-state index in [-0.39, 0.29) is 17.9 Å². The number of fused-ring (bicyclic) bond motifs is 1. The second-order valence-corrected chi connectivity index (χ2v) is 8.77. The molecule has 30 heavy (non-hydrogen) atoms. The molecular formula is C22H20N4O2S2. The fourth-order valence-electron chi connectivity index (χ4n) is 2.94. The highest BCUT2D eigenvalue weighted by Crippen LogP contribution is 2.23. The largest absolute Gasteiger partial charge is 0.326 e. The zero-order valence-electron chi connectivity index (χ0n) is 16.6. The molecule has 4 rings (SSSR count). The summed E-state index contributed by atoms with van der Waals surface area (Å²) >= 11 is 2.92. The van der Waals surface area contributed by atoms with Gasteiger partial charge in [-0.3, -0.25) is 14.2 Å². The van der Waals surface area contributed by atoms with Gasteiger partial charge in [-0.2, -0.15) is 0 Å². The number of aromatic nitrogens is 3. The molecule has 0 spiro atoms. The number of hydrogen-bond acceptors (Lipinski definition) is 6. The molecule has 6 nitrogen and oxygen atoms in total. The van der Waals surface area contributed by atoms with Gasteiger partial charge in [0.15, 0.2) is 5.16 Å². The van der Waals surface area contributed by atoms with Gasteiger partial charge in [0.1, 0.15) is 5.01 Å². The second-order valence-electron chi connectivity index (χ2n) is 6.89. The summed E-state index contributed by atoms with van der Waals surface area (Å²) in [6.45, 7) is 2.01. The van der Waals surface area contributed by atoms with Crippen LogP contribution < -0.4 is 10.9 Å². The minimum atomic E-state index is -0.0917. The van der Waals surface area contributed by atoms with Crippen molar-refractivity contribution in [2.45, 2.75) is 24.3 Å². The van der Waals surface area contributed by atoms with Gasteiger partial charge < -0.3 is 5.32 Å². The first-order valence-electron chi connectivity index (χ1n) is 9.38. The molecule has 0 atom stereocenters. The van der Waals surface area contributed by atoms with E-state index in [1.165, 1.54) is 23.1 Å². The number of amides is 1. The molecule has 0 radical (unpaired) electrons. The summed E-state index contributed by atoms with van der Waals surface area (Å²) in [5.41, 5.74) is 3.42.